The topological polar surface area (TPSA) is 62.6 Å². The molecule has 1 fully saturated rings. The van der Waals surface area contributed by atoms with Crippen molar-refractivity contribution >= 4 is 52.5 Å². The SMILES string of the molecule is Cc1cc(/C=C2\C(=O)NC(=S)N(c3ccc(Cl)cc3)C2=O)oc1C. The molecule has 0 radical (unpaired) electrons. The molecule has 1 aromatic heterocycles. The van der Waals surface area contributed by atoms with Gasteiger partial charge in [-0.05, 0) is 68.0 Å². The highest BCUT2D eigenvalue weighted by atomic mass is 35.5. The lowest BCUT2D eigenvalue weighted by molar-refractivity contribution is -0.122. The molecule has 1 saturated heterocycles. The predicted octanol–water partition coefficient (Wildman–Crippen LogP) is 3.38. The van der Waals surface area contributed by atoms with Crippen molar-refractivity contribution < 1.29 is 14.0 Å². The van der Waals surface area contributed by atoms with Gasteiger partial charge in [-0.2, -0.15) is 0 Å². The quantitative estimate of drug-likeness (QED) is 0.506. The molecular formula is C17H13ClN2O3S. The molecule has 0 atom stereocenters. The van der Waals surface area contributed by atoms with Gasteiger partial charge in [0.1, 0.15) is 17.1 Å². The number of anilines is 1. The lowest BCUT2D eigenvalue weighted by atomic mass is 10.1. The zero-order chi connectivity index (χ0) is 17.4. The highest BCUT2D eigenvalue weighted by molar-refractivity contribution is 7.80. The third-order valence-corrected chi connectivity index (χ3v) is 4.19. The van der Waals surface area contributed by atoms with E-state index >= 15 is 0 Å². The maximum atomic E-state index is 12.8. The lowest BCUT2D eigenvalue weighted by Crippen LogP contribution is -2.54. The molecule has 0 saturated carbocycles. The second-order valence-electron chi connectivity index (χ2n) is 5.32. The van der Waals surface area contributed by atoms with Crippen molar-refractivity contribution in [2.24, 2.45) is 0 Å². The van der Waals surface area contributed by atoms with E-state index in [0.29, 0.717) is 16.5 Å². The molecule has 0 aliphatic carbocycles. The molecule has 7 heteroatoms. The fourth-order valence-corrected chi connectivity index (χ4v) is 2.70. The van der Waals surface area contributed by atoms with Gasteiger partial charge in [0, 0.05) is 5.02 Å². The number of hydrogen-bond acceptors (Lipinski definition) is 4. The van der Waals surface area contributed by atoms with Gasteiger partial charge in [0.15, 0.2) is 5.11 Å². The van der Waals surface area contributed by atoms with Gasteiger partial charge in [-0.1, -0.05) is 11.6 Å². The molecule has 2 heterocycles. The van der Waals surface area contributed by atoms with E-state index in [2.05, 4.69) is 5.32 Å². The summed E-state index contributed by atoms with van der Waals surface area (Å²) in [5, 5.41) is 3.08. The molecule has 3 rings (SSSR count). The number of furan rings is 1. The van der Waals surface area contributed by atoms with Gasteiger partial charge in [-0.15, -0.1) is 0 Å². The first-order valence-corrected chi connectivity index (χ1v) is 7.89. The average molecular weight is 361 g/mol. The Kier molecular flexibility index (Phi) is 4.26. The largest absolute Gasteiger partial charge is 0.462 e. The first kappa shape index (κ1) is 16.4. The van der Waals surface area contributed by atoms with Crippen LogP contribution >= 0.6 is 23.8 Å². The van der Waals surface area contributed by atoms with Crippen LogP contribution in [0, 0.1) is 13.8 Å². The molecule has 2 amide bonds. The molecule has 5 nitrogen and oxygen atoms in total. The van der Waals surface area contributed by atoms with Crippen molar-refractivity contribution in [3.8, 4) is 0 Å². The van der Waals surface area contributed by atoms with Gasteiger partial charge in [0.2, 0.25) is 0 Å². The summed E-state index contributed by atoms with van der Waals surface area (Å²) in [5.74, 6) is 0.0997. The Morgan fingerprint density at radius 3 is 2.46 bits per heavy atom. The summed E-state index contributed by atoms with van der Waals surface area (Å²) in [6, 6.07) is 8.37. The van der Waals surface area contributed by atoms with Crippen molar-refractivity contribution in [1.82, 2.24) is 5.32 Å². The number of nitrogens with zero attached hydrogens (tertiary/aromatic N) is 1. The molecule has 1 aliphatic rings. The zero-order valence-electron chi connectivity index (χ0n) is 12.9. The summed E-state index contributed by atoms with van der Waals surface area (Å²) in [4.78, 5) is 26.2. The minimum Gasteiger partial charge on any atom is -0.462 e. The van der Waals surface area contributed by atoms with Crippen LogP contribution in [0.5, 0.6) is 0 Å². The smallest absolute Gasteiger partial charge is 0.270 e. The number of hydrogen-bond donors (Lipinski definition) is 1. The van der Waals surface area contributed by atoms with Crippen LogP contribution in [-0.2, 0) is 9.59 Å². The van der Waals surface area contributed by atoms with Crippen molar-refractivity contribution in [3.05, 3.63) is 58.0 Å². The Balaban J connectivity index is 2.01. The maximum Gasteiger partial charge on any atom is 0.270 e. The fraction of sp³-hybridized carbons (Fsp3) is 0.118. The molecule has 0 spiro atoms. The second-order valence-corrected chi connectivity index (χ2v) is 6.15. The van der Waals surface area contributed by atoms with E-state index in [1.807, 2.05) is 13.8 Å². The van der Waals surface area contributed by atoms with E-state index in [1.165, 1.54) is 11.0 Å². The van der Waals surface area contributed by atoms with Crippen LogP contribution < -0.4 is 10.2 Å². The number of carbonyl (C=O) groups is 2. The second kappa shape index (κ2) is 6.22. The van der Waals surface area contributed by atoms with Crippen LogP contribution in [0.3, 0.4) is 0 Å². The van der Waals surface area contributed by atoms with E-state index in [-0.39, 0.29) is 10.7 Å². The summed E-state index contributed by atoms with van der Waals surface area (Å²) < 4.78 is 5.52. The van der Waals surface area contributed by atoms with Crippen LogP contribution in [-0.4, -0.2) is 16.9 Å². The zero-order valence-corrected chi connectivity index (χ0v) is 14.5. The summed E-state index contributed by atoms with van der Waals surface area (Å²) in [7, 11) is 0. The Hall–Kier alpha value is -2.44. The van der Waals surface area contributed by atoms with Crippen LogP contribution in [0.2, 0.25) is 5.02 Å². The van der Waals surface area contributed by atoms with E-state index in [4.69, 9.17) is 28.2 Å². The molecule has 1 aromatic carbocycles. The van der Waals surface area contributed by atoms with Crippen LogP contribution in [0.15, 0.2) is 40.3 Å². The van der Waals surface area contributed by atoms with Gasteiger partial charge in [0.05, 0.1) is 5.69 Å². The van der Waals surface area contributed by atoms with Crippen molar-refractivity contribution in [2.75, 3.05) is 4.90 Å². The highest BCUT2D eigenvalue weighted by Gasteiger charge is 2.34. The van der Waals surface area contributed by atoms with E-state index < -0.39 is 11.8 Å². The third kappa shape index (κ3) is 2.98. The molecule has 0 unspecified atom stereocenters. The maximum absolute atomic E-state index is 12.8. The van der Waals surface area contributed by atoms with E-state index in [9.17, 15) is 9.59 Å². The molecule has 2 aromatic rings. The van der Waals surface area contributed by atoms with Crippen molar-refractivity contribution in [2.45, 2.75) is 13.8 Å². The van der Waals surface area contributed by atoms with Gasteiger partial charge in [-0.3, -0.25) is 19.8 Å². The standard InChI is InChI=1S/C17H13ClN2O3S/c1-9-7-13(23-10(9)2)8-14-15(21)19-17(24)20(16(14)22)12-5-3-11(18)4-6-12/h3-8H,1-2H3,(H,19,21,24)/b14-8+. The molecule has 1 aliphatic heterocycles. The normalized spacial score (nSPS) is 16.7. The molecule has 122 valence electrons. The third-order valence-electron chi connectivity index (χ3n) is 3.66. The van der Waals surface area contributed by atoms with Crippen LogP contribution in [0.1, 0.15) is 17.1 Å². The summed E-state index contributed by atoms with van der Waals surface area (Å²) in [6.45, 7) is 3.70. The number of amides is 2. The van der Waals surface area contributed by atoms with Gasteiger partial charge < -0.3 is 4.42 Å². The number of rotatable bonds is 2. The van der Waals surface area contributed by atoms with Crippen molar-refractivity contribution in [1.29, 1.82) is 0 Å². The minimum atomic E-state index is -0.554. The monoisotopic (exact) mass is 360 g/mol. The number of aryl methyl sites for hydroxylation is 2. The Morgan fingerprint density at radius 2 is 1.88 bits per heavy atom. The summed E-state index contributed by atoms with van der Waals surface area (Å²) >= 11 is 11.0. The average Bonchev–Trinajstić information content (AvgIpc) is 2.83. The number of thiocarbonyl (C=S) groups is 1. The summed E-state index contributed by atoms with van der Waals surface area (Å²) in [5.41, 5.74) is 1.41. The van der Waals surface area contributed by atoms with Gasteiger partial charge in [0.25, 0.3) is 11.8 Å². The predicted molar refractivity (Wildman–Crippen MR) is 95.8 cm³/mol. The van der Waals surface area contributed by atoms with Gasteiger partial charge >= 0.3 is 0 Å². The Bertz CT molecular complexity index is 864. The number of halogens is 1. The molecule has 24 heavy (non-hydrogen) atoms. The fourth-order valence-electron chi connectivity index (χ4n) is 2.30. The first-order valence-electron chi connectivity index (χ1n) is 7.11. The highest BCUT2D eigenvalue weighted by Crippen LogP contribution is 2.24. The van der Waals surface area contributed by atoms with Crippen LogP contribution in [0.25, 0.3) is 6.08 Å². The lowest BCUT2D eigenvalue weighted by Gasteiger charge is -2.28. The Labute approximate surface area is 148 Å². The minimum absolute atomic E-state index is 0.0243. The Morgan fingerprint density at radius 1 is 1.21 bits per heavy atom. The molecule has 1 N–H and O–H groups in total. The van der Waals surface area contributed by atoms with Crippen LogP contribution in [0.4, 0.5) is 5.69 Å². The van der Waals surface area contributed by atoms with E-state index in [1.54, 1.807) is 30.3 Å². The van der Waals surface area contributed by atoms with E-state index in [0.717, 1.165) is 11.3 Å². The first-order chi connectivity index (χ1) is 11.4. The molecular weight excluding hydrogens is 348 g/mol. The molecule has 0 bridgehead atoms. The number of benzene rings is 1. The number of nitrogens with one attached hydrogen (secondary N) is 1. The summed E-state index contributed by atoms with van der Waals surface area (Å²) in [6.07, 6.45) is 1.42. The number of carbonyl (C=O) groups excluding carboxylic acids is 2. The van der Waals surface area contributed by atoms with Gasteiger partial charge in [-0.25, -0.2) is 0 Å². The van der Waals surface area contributed by atoms with Crippen molar-refractivity contribution in [3.63, 3.8) is 0 Å².